The lowest BCUT2D eigenvalue weighted by Gasteiger charge is -2.10. The van der Waals surface area contributed by atoms with Crippen molar-refractivity contribution in [1.29, 1.82) is 0 Å². The summed E-state index contributed by atoms with van der Waals surface area (Å²) in [6.45, 7) is 4.63. The van der Waals surface area contributed by atoms with Crippen LogP contribution in [0.25, 0.3) is 0 Å². The summed E-state index contributed by atoms with van der Waals surface area (Å²) in [6, 6.07) is 4.16. The van der Waals surface area contributed by atoms with Crippen molar-refractivity contribution in [3.8, 4) is 5.75 Å². The van der Waals surface area contributed by atoms with Crippen molar-refractivity contribution in [2.75, 3.05) is 7.11 Å². The molecule has 2 heteroatoms. The molecule has 0 spiro atoms. The van der Waals surface area contributed by atoms with Gasteiger partial charge < -0.3 is 10.5 Å². The van der Waals surface area contributed by atoms with Gasteiger partial charge in [0.2, 0.25) is 0 Å². The molecule has 0 amide bonds. The first-order chi connectivity index (χ1) is 5.69. The Hall–Kier alpha value is -1.02. The molecule has 66 valence electrons. The van der Waals surface area contributed by atoms with Gasteiger partial charge in [-0.15, -0.1) is 0 Å². The fourth-order valence-corrected chi connectivity index (χ4v) is 1.49. The molecule has 0 aromatic heterocycles. The number of hydrogen-bond donors (Lipinski definition) is 1. The molecule has 1 rings (SSSR count). The van der Waals surface area contributed by atoms with Gasteiger partial charge >= 0.3 is 0 Å². The molecule has 0 bridgehead atoms. The van der Waals surface area contributed by atoms with Gasteiger partial charge in [-0.2, -0.15) is 0 Å². The van der Waals surface area contributed by atoms with E-state index >= 15 is 0 Å². The number of aryl methyl sites for hydroxylation is 2. The summed E-state index contributed by atoms with van der Waals surface area (Å²) in [6.07, 6.45) is 0. The predicted octanol–water partition coefficient (Wildman–Crippen LogP) is 1.77. The molecule has 1 aromatic rings. The van der Waals surface area contributed by atoms with Gasteiger partial charge in [0.05, 0.1) is 7.11 Å². The fourth-order valence-electron chi connectivity index (χ4n) is 1.49. The third-order valence-corrected chi connectivity index (χ3v) is 1.92. The monoisotopic (exact) mass is 165 g/mol. The molecule has 12 heavy (non-hydrogen) atoms. The lowest BCUT2D eigenvalue weighted by atomic mass is 10.1. The Labute approximate surface area is 73.3 Å². The highest BCUT2D eigenvalue weighted by Gasteiger charge is 2.04. The molecule has 1 aromatic carbocycles. The lowest BCUT2D eigenvalue weighted by molar-refractivity contribution is 0.406. The van der Waals surface area contributed by atoms with E-state index in [1.165, 1.54) is 5.56 Å². The first kappa shape index (κ1) is 9.07. The van der Waals surface area contributed by atoms with Crippen molar-refractivity contribution < 1.29 is 4.74 Å². The minimum Gasteiger partial charge on any atom is -0.496 e. The van der Waals surface area contributed by atoms with E-state index < -0.39 is 0 Å². The Morgan fingerprint density at radius 2 is 2.00 bits per heavy atom. The molecule has 0 aliphatic heterocycles. The van der Waals surface area contributed by atoms with E-state index in [0.29, 0.717) is 6.54 Å². The molecule has 0 saturated carbocycles. The van der Waals surface area contributed by atoms with Crippen LogP contribution in [0.5, 0.6) is 5.75 Å². The lowest BCUT2D eigenvalue weighted by Crippen LogP contribution is -2.01. The molecule has 0 heterocycles. The molecule has 2 N–H and O–H groups in total. The van der Waals surface area contributed by atoms with E-state index in [0.717, 1.165) is 16.9 Å². The number of rotatable bonds is 2. The predicted molar refractivity (Wildman–Crippen MR) is 50.4 cm³/mol. The topological polar surface area (TPSA) is 35.2 Å². The Morgan fingerprint density at radius 1 is 1.33 bits per heavy atom. The van der Waals surface area contributed by atoms with Crippen LogP contribution in [0.3, 0.4) is 0 Å². The summed E-state index contributed by atoms with van der Waals surface area (Å²) in [5.41, 5.74) is 9.04. The molecule has 0 saturated heterocycles. The van der Waals surface area contributed by atoms with E-state index in [4.69, 9.17) is 10.5 Å². The van der Waals surface area contributed by atoms with Crippen molar-refractivity contribution in [2.45, 2.75) is 20.4 Å². The molecular weight excluding hydrogens is 150 g/mol. The van der Waals surface area contributed by atoms with Crippen molar-refractivity contribution in [2.24, 2.45) is 5.73 Å². The SMILES string of the molecule is COc1c(C)cc(C)cc1CN. The molecule has 0 aliphatic carbocycles. The molecule has 2 nitrogen and oxygen atoms in total. The van der Waals surface area contributed by atoms with Crippen LogP contribution in [-0.4, -0.2) is 7.11 Å². The van der Waals surface area contributed by atoms with E-state index in [9.17, 15) is 0 Å². The molecule has 0 radical (unpaired) electrons. The van der Waals surface area contributed by atoms with Crippen LogP contribution in [0.2, 0.25) is 0 Å². The van der Waals surface area contributed by atoms with Crippen molar-refractivity contribution in [3.05, 3.63) is 28.8 Å². The largest absolute Gasteiger partial charge is 0.496 e. The Balaban J connectivity index is 3.24. The first-order valence-corrected chi connectivity index (χ1v) is 4.03. The molecule has 0 aliphatic rings. The summed E-state index contributed by atoms with van der Waals surface area (Å²) in [4.78, 5) is 0. The van der Waals surface area contributed by atoms with Gasteiger partial charge in [0.25, 0.3) is 0 Å². The number of ether oxygens (including phenoxy) is 1. The van der Waals surface area contributed by atoms with E-state index in [1.54, 1.807) is 7.11 Å². The summed E-state index contributed by atoms with van der Waals surface area (Å²) in [5, 5.41) is 0. The van der Waals surface area contributed by atoms with Gasteiger partial charge in [-0.3, -0.25) is 0 Å². The van der Waals surface area contributed by atoms with Gasteiger partial charge in [-0.1, -0.05) is 17.7 Å². The molecule has 0 fully saturated rings. The molecule has 0 atom stereocenters. The van der Waals surface area contributed by atoms with Gasteiger partial charge in [0, 0.05) is 12.1 Å². The van der Waals surface area contributed by atoms with E-state index in [1.807, 2.05) is 6.92 Å². The second-order valence-electron chi connectivity index (χ2n) is 2.98. The van der Waals surface area contributed by atoms with Crippen molar-refractivity contribution >= 4 is 0 Å². The van der Waals surface area contributed by atoms with Gasteiger partial charge in [-0.05, 0) is 19.4 Å². The van der Waals surface area contributed by atoms with Crippen LogP contribution in [0.15, 0.2) is 12.1 Å². The third-order valence-electron chi connectivity index (χ3n) is 1.92. The minimum absolute atomic E-state index is 0.533. The maximum atomic E-state index is 5.58. The normalized spacial score (nSPS) is 10.0. The molecular formula is C10H15NO. The van der Waals surface area contributed by atoms with Gasteiger partial charge in [0.1, 0.15) is 5.75 Å². The van der Waals surface area contributed by atoms with E-state index in [-0.39, 0.29) is 0 Å². The standard InChI is InChI=1S/C10H15NO/c1-7-4-8(2)10(12-3)9(5-7)6-11/h4-5H,6,11H2,1-3H3. The first-order valence-electron chi connectivity index (χ1n) is 4.03. The highest BCUT2D eigenvalue weighted by Crippen LogP contribution is 2.24. The van der Waals surface area contributed by atoms with Crippen LogP contribution in [0.4, 0.5) is 0 Å². The van der Waals surface area contributed by atoms with Crippen LogP contribution >= 0.6 is 0 Å². The van der Waals surface area contributed by atoms with Crippen LogP contribution in [0, 0.1) is 13.8 Å². The quantitative estimate of drug-likeness (QED) is 0.724. The van der Waals surface area contributed by atoms with Crippen LogP contribution in [-0.2, 0) is 6.54 Å². The number of methoxy groups -OCH3 is 1. The zero-order valence-electron chi connectivity index (χ0n) is 7.85. The smallest absolute Gasteiger partial charge is 0.126 e. The number of nitrogens with two attached hydrogens (primary N) is 1. The average molecular weight is 165 g/mol. The summed E-state index contributed by atoms with van der Waals surface area (Å²) >= 11 is 0. The fraction of sp³-hybridized carbons (Fsp3) is 0.400. The zero-order valence-corrected chi connectivity index (χ0v) is 7.85. The van der Waals surface area contributed by atoms with Crippen molar-refractivity contribution in [1.82, 2.24) is 0 Å². The third kappa shape index (κ3) is 1.59. The maximum absolute atomic E-state index is 5.58. The summed E-state index contributed by atoms with van der Waals surface area (Å²) in [7, 11) is 1.68. The minimum atomic E-state index is 0.533. The zero-order chi connectivity index (χ0) is 9.14. The van der Waals surface area contributed by atoms with Crippen LogP contribution in [0.1, 0.15) is 16.7 Å². The average Bonchev–Trinajstić information content (AvgIpc) is 2.03. The van der Waals surface area contributed by atoms with Crippen molar-refractivity contribution in [3.63, 3.8) is 0 Å². The second kappa shape index (κ2) is 3.59. The Kier molecular flexibility index (Phi) is 2.71. The molecule has 0 unspecified atom stereocenters. The van der Waals surface area contributed by atoms with Crippen LogP contribution < -0.4 is 10.5 Å². The maximum Gasteiger partial charge on any atom is 0.126 e. The Bertz CT molecular complexity index is 281. The summed E-state index contributed by atoms with van der Waals surface area (Å²) < 4.78 is 5.24. The Morgan fingerprint density at radius 3 is 2.50 bits per heavy atom. The highest BCUT2D eigenvalue weighted by atomic mass is 16.5. The summed E-state index contributed by atoms with van der Waals surface area (Å²) in [5.74, 6) is 0.920. The second-order valence-corrected chi connectivity index (χ2v) is 2.98. The number of hydrogen-bond acceptors (Lipinski definition) is 2. The number of benzene rings is 1. The van der Waals surface area contributed by atoms with Gasteiger partial charge in [0.15, 0.2) is 0 Å². The van der Waals surface area contributed by atoms with E-state index in [2.05, 4.69) is 19.1 Å². The highest BCUT2D eigenvalue weighted by molar-refractivity contribution is 5.43. The van der Waals surface area contributed by atoms with Gasteiger partial charge in [-0.25, -0.2) is 0 Å².